The molecule has 0 fully saturated rings. The van der Waals surface area contributed by atoms with Crippen molar-refractivity contribution < 1.29 is 22.7 Å². The molecule has 0 aromatic carbocycles. The smallest absolute Gasteiger partial charge is 0.380 e. The van der Waals surface area contributed by atoms with E-state index in [4.69, 9.17) is 4.74 Å². The zero-order valence-corrected chi connectivity index (χ0v) is 9.36. The van der Waals surface area contributed by atoms with Gasteiger partial charge >= 0.3 is 6.18 Å². The van der Waals surface area contributed by atoms with Gasteiger partial charge in [-0.2, -0.15) is 13.2 Å². The summed E-state index contributed by atoms with van der Waals surface area (Å²) in [7, 11) is 0. The van der Waals surface area contributed by atoms with Gasteiger partial charge in [0.25, 0.3) is 0 Å². The number of carbonyl (C=O) groups is 1. The number of hydrogen-bond donors (Lipinski definition) is 2. The van der Waals surface area contributed by atoms with Crippen molar-refractivity contribution in [1.82, 2.24) is 10.6 Å². The van der Waals surface area contributed by atoms with Crippen LogP contribution < -0.4 is 10.6 Å². The zero-order chi connectivity index (χ0) is 12.6. The molecule has 1 unspecified atom stereocenters. The Balaban J connectivity index is 3.57. The molecule has 7 heteroatoms. The van der Waals surface area contributed by atoms with Crippen molar-refractivity contribution in [2.75, 3.05) is 26.3 Å². The lowest BCUT2D eigenvalue weighted by Gasteiger charge is -2.13. The third-order valence-electron chi connectivity index (χ3n) is 1.67. The predicted octanol–water partition coefficient (Wildman–Crippen LogP) is 0.679. The summed E-state index contributed by atoms with van der Waals surface area (Å²) in [5, 5.41) is 4.52. The van der Waals surface area contributed by atoms with Crippen LogP contribution in [0.4, 0.5) is 13.2 Å². The Morgan fingerprint density at radius 3 is 2.56 bits per heavy atom. The van der Waals surface area contributed by atoms with Crippen molar-refractivity contribution >= 4 is 5.91 Å². The molecule has 0 aliphatic rings. The number of nitrogens with one attached hydrogen (secondary N) is 2. The van der Waals surface area contributed by atoms with Gasteiger partial charge in [-0.05, 0) is 13.8 Å². The Bertz CT molecular complexity index is 209. The van der Waals surface area contributed by atoms with Crippen LogP contribution in [0, 0.1) is 0 Å². The highest BCUT2D eigenvalue weighted by Crippen LogP contribution is 2.11. The number of amides is 1. The minimum Gasteiger partial charge on any atom is -0.380 e. The van der Waals surface area contributed by atoms with Crippen LogP contribution in [0.2, 0.25) is 0 Å². The molecule has 0 saturated carbocycles. The minimum absolute atomic E-state index is 0.0726. The Morgan fingerprint density at radius 2 is 2.06 bits per heavy atom. The molecule has 0 spiro atoms. The van der Waals surface area contributed by atoms with E-state index < -0.39 is 18.6 Å². The molecular weight excluding hydrogens is 225 g/mol. The summed E-state index contributed by atoms with van der Waals surface area (Å²) in [5.41, 5.74) is 0. The van der Waals surface area contributed by atoms with Crippen LogP contribution in [0.25, 0.3) is 0 Å². The second-order valence-corrected chi connectivity index (χ2v) is 3.33. The second-order valence-electron chi connectivity index (χ2n) is 3.33. The first-order chi connectivity index (χ1) is 7.35. The van der Waals surface area contributed by atoms with E-state index in [1.165, 1.54) is 0 Å². The summed E-state index contributed by atoms with van der Waals surface area (Å²) in [5.74, 6) is -0.680. The van der Waals surface area contributed by atoms with E-state index in [9.17, 15) is 18.0 Å². The van der Waals surface area contributed by atoms with Gasteiger partial charge in [0.15, 0.2) is 0 Å². The van der Waals surface area contributed by atoms with Crippen LogP contribution in [0.3, 0.4) is 0 Å². The van der Waals surface area contributed by atoms with Gasteiger partial charge in [-0.3, -0.25) is 4.79 Å². The third-order valence-corrected chi connectivity index (χ3v) is 1.67. The molecule has 16 heavy (non-hydrogen) atoms. The Hall–Kier alpha value is -0.820. The van der Waals surface area contributed by atoms with Crippen molar-refractivity contribution in [2.24, 2.45) is 0 Å². The van der Waals surface area contributed by atoms with E-state index >= 15 is 0 Å². The summed E-state index contributed by atoms with van der Waals surface area (Å²) >= 11 is 0. The molecule has 0 heterocycles. The fourth-order valence-electron chi connectivity index (χ4n) is 0.882. The van der Waals surface area contributed by atoms with Crippen LogP contribution >= 0.6 is 0 Å². The standard InChI is InChI=1S/C9H17F3N2O2/c1-3-16-5-7(2)13-4-8(15)14-6-9(10,11)12/h7,13H,3-6H2,1-2H3,(H,14,15). The lowest BCUT2D eigenvalue weighted by Crippen LogP contribution is -2.42. The Kier molecular flexibility index (Phi) is 7.07. The molecule has 0 saturated heterocycles. The number of carbonyl (C=O) groups excluding carboxylic acids is 1. The average molecular weight is 242 g/mol. The highest BCUT2D eigenvalue weighted by molar-refractivity contribution is 5.78. The predicted molar refractivity (Wildman–Crippen MR) is 53.0 cm³/mol. The maximum Gasteiger partial charge on any atom is 0.405 e. The van der Waals surface area contributed by atoms with Crippen molar-refractivity contribution in [3.8, 4) is 0 Å². The maximum absolute atomic E-state index is 11.7. The molecular formula is C9H17F3N2O2. The van der Waals surface area contributed by atoms with Crippen LogP contribution in [0.1, 0.15) is 13.8 Å². The molecule has 0 aliphatic carbocycles. The zero-order valence-electron chi connectivity index (χ0n) is 9.36. The van der Waals surface area contributed by atoms with Crippen LogP contribution in [0.5, 0.6) is 0 Å². The van der Waals surface area contributed by atoms with E-state index in [0.717, 1.165) is 0 Å². The summed E-state index contributed by atoms with van der Waals surface area (Å²) in [4.78, 5) is 11.0. The van der Waals surface area contributed by atoms with Gasteiger partial charge in [-0.1, -0.05) is 0 Å². The summed E-state index contributed by atoms with van der Waals surface area (Å²) in [6, 6.07) is -0.0726. The molecule has 1 amide bonds. The fourth-order valence-corrected chi connectivity index (χ4v) is 0.882. The lowest BCUT2D eigenvalue weighted by atomic mass is 10.3. The van der Waals surface area contributed by atoms with E-state index in [-0.39, 0.29) is 12.6 Å². The van der Waals surface area contributed by atoms with Gasteiger partial charge in [-0.15, -0.1) is 0 Å². The van der Waals surface area contributed by atoms with Gasteiger partial charge in [0.2, 0.25) is 5.91 Å². The number of ether oxygens (including phenoxy) is 1. The Morgan fingerprint density at radius 1 is 1.44 bits per heavy atom. The fraction of sp³-hybridized carbons (Fsp3) is 0.889. The van der Waals surface area contributed by atoms with Gasteiger partial charge in [0.05, 0.1) is 13.2 Å². The summed E-state index contributed by atoms with van der Waals surface area (Å²) in [6.45, 7) is 3.16. The first-order valence-electron chi connectivity index (χ1n) is 4.99. The first-order valence-corrected chi connectivity index (χ1v) is 4.99. The molecule has 0 aromatic heterocycles. The number of alkyl halides is 3. The SMILES string of the molecule is CCOCC(C)NCC(=O)NCC(F)(F)F. The van der Waals surface area contributed by atoms with Crippen LogP contribution in [0.15, 0.2) is 0 Å². The van der Waals surface area contributed by atoms with Crippen LogP contribution in [-0.2, 0) is 9.53 Å². The van der Waals surface area contributed by atoms with E-state index in [2.05, 4.69) is 5.32 Å². The monoisotopic (exact) mass is 242 g/mol. The third kappa shape index (κ3) is 9.72. The summed E-state index contributed by atoms with van der Waals surface area (Å²) in [6.07, 6.45) is -4.37. The highest BCUT2D eigenvalue weighted by Gasteiger charge is 2.27. The first kappa shape index (κ1) is 15.2. The maximum atomic E-state index is 11.7. The second kappa shape index (κ2) is 7.45. The lowest BCUT2D eigenvalue weighted by molar-refractivity contribution is -0.138. The molecule has 0 aromatic rings. The molecule has 0 aliphatic heterocycles. The van der Waals surface area contributed by atoms with Crippen molar-refractivity contribution in [3.05, 3.63) is 0 Å². The van der Waals surface area contributed by atoms with Gasteiger partial charge in [0.1, 0.15) is 6.54 Å². The largest absolute Gasteiger partial charge is 0.405 e. The summed E-state index contributed by atoms with van der Waals surface area (Å²) < 4.78 is 40.2. The van der Waals surface area contributed by atoms with Crippen molar-refractivity contribution in [1.29, 1.82) is 0 Å². The van der Waals surface area contributed by atoms with E-state index in [0.29, 0.717) is 13.2 Å². The van der Waals surface area contributed by atoms with E-state index in [1.54, 1.807) is 12.2 Å². The molecule has 2 N–H and O–H groups in total. The topological polar surface area (TPSA) is 50.4 Å². The molecule has 0 rings (SSSR count). The highest BCUT2D eigenvalue weighted by atomic mass is 19.4. The molecule has 0 bridgehead atoms. The normalized spacial score (nSPS) is 13.6. The minimum atomic E-state index is -4.37. The number of hydrogen-bond acceptors (Lipinski definition) is 3. The molecule has 96 valence electrons. The van der Waals surface area contributed by atoms with Gasteiger partial charge < -0.3 is 15.4 Å². The molecule has 4 nitrogen and oxygen atoms in total. The van der Waals surface area contributed by atoms with Crippen LogP contribution in [-0.4, -0.2) is 44.4 Å². The van der Waals surface area contributed by atoms with Gasteiger partial charge in [0, 0.05) is 12.6 Å². The Labute approximate surface area is 92.5 Å². The van der Waals surface area contributed by atoms with E-state index in [1.807, 2.05) is 6.92 Å². The number of rotatable bonds is 7. The average Bonchev–Trinajstić information content (AvgIpc) is 2.19. The molecule has 0 radical (unpaired) electrons. The molecule has 1 atom stereocenters. The quantitative estimate of drug-likeness (QED) is 0.690. The number of halogens is 3. The van der Waals surface area contributed by atoms with Crippen molar-refractivity contribution in [3.63, 3.8) is 0 Å². The van der Waals surface area contributed by atoms with Crippen molar-refractivity contribution in [2.45, 2.75) is 26.1 Å². The van der Waals surface area contributed by atoms with Gasteiger partial charge in [-0.25, -0.2) is 0 Å².